The molecule has 0 radical (unpaired) electrons. The van der Waals surface area contributed by atoms with Crippen LogP contribution in [0.3, 0.4) is 0 Å². The number of hydrogen-bond donors (Lipinski definition) is 2. The van der Waals surface area contributed by atoms with E-state index < -0.39 is 12.0 Å². The number of imidazole rings is 1. The Labute approximate surface area is 247 Å². The molecule has 3 N–H and O–H groups in total. The summed E-state index contributed by atoms with van der Waals surface area (Å²) in [7, 11) is 0. The molecule has 8 nitrogen and oxygen atoms in total. The van der Waals surface area contributed by atoms with E-state index in [1.807, 2.05) is 53.3 Å². The minimum Gasteiger partial charge on any atom is -0.477 e. The first kappa shape index (κ1) is 29.9. The molecule has 1 atom stereocenters. The molecule has 40 heavy (non-hydrogen) atoms. The van der Waals surface area contributed by atoms with Gasteiger partial charge in [0.25, 0.3) is 0 Å². The number of primary amides is 1. The summed E-state index contributed by atoms with van der Waals surface area (Å²) in [5, 5.41) is 12.0. The van der Waals surface area contributed by atoms with Crippen LogP contribution in [-0.2, 0) is 27.3 Å². The van der Waals surface area contributed by atoms with Crippen LogP contribution in [0.15, 0.2) is 66.0 Å². The Bertz CT molecular complexity index is 1390. The number of nitrogens with two attached hydrogens (primary N) is 1. The van der Waals surface area contributed by atoms with Crippen LogP contribution in [0.1, 0.15) is 29.7 Å². The van der Waals surface area contributed by atoms with Gasteiger partial charge in [-0.3, -0.25) is 10.1 Å². The number of amides is 2. The molecule has 1 aromatic heterocycles. The average molecular weight is 603 g/mol. The van der Waals surface area contributed by atoms with Crippen LogP contribution < -0.4 is 5.32 Å². The SMILES string of the molecule is CSc1ccc(C=CC(=O)N2CCC(C(=O)[NH2+]C(Cc3cncn3Cc3ccccc3)C(=O)O)CC2)c(Cl)c1Cl. The van der Waals surface area contributed by atoms with Crippen LogP contribution in [-0.4, -0.2) is 62.7 Å². The predicted molar refractivity (Wildman–Crippen MR) is 156 cm³/mol. The maximum atomic E-state index is 13.0. The number of halogens is 2. The van der Waals surface area contributed by atoms with Gasteiger partial charge in [0.05, 0.1) is 28.7 Å². The molecule has 2 aromatic carbocycles. The van der Waals surface area contributed by atoms with Crippen LogP contribution in [0, 0.1) is 5.92 Å². The van der Waals surface area contributed by atoms with Crippen LogP contribution >= 0.6 is 35.0 Å². The second-order valence-corrected chi connectivity index (χ2v) is 11.2. The molecule has 2 heterocycles. The molecule has 0 spiro atoms. The summed E-state index contributed by atoms with van der Waals surface area (Å²) in [6.07, 6.45) is 9.45. The van der Waals surface area contributed by atoms with Crippen molar-refractivity contribution >= 4 is 58.8 Å². The van der Waals surface area contributed by atoms with E-state index in [9.17, 15) is 19.5 Å². The number of nitrogens with zero attached hydrogens (tertiary/aromatic N) is 3. The summed E-state index contributed by atoms with van der Waals surface area (Å²) in [6.45, 7) is 1.39. The van der Waals surface area contributed by atoms with Crippen LogP contribution in [0.5, 0.6) is 0 Å². The first-order valence-corrected chi connectivity index (χ1v) is 14.9. The van der Waals surface area contributed by atoms with E-state index in [1.54, 1.807) is 23.5 Å². The standard InChI is InChI=1S/C29H30Cl2N4O4S/c1-40-24-9-7-20(26(30)27(24)31)8-10-25(36)34-13-11-21(12-14-34)28(37)33-23(29(38)39)15-22-16-32-18-35(22)17-19-5-3-2-4-6-19/h2-10,16,18,21,23H,11-15,17H2,1H3,(H,33,37)(H,38,39)/p+1. The minimum absolute atomic E-state index is 0.167. The molecule has 4 rings (SSSR count). The van der Waals surface area contributed by atoms with Gasteiger partial charge in [0.15, 0.2) is 6.04 Å². The number of benzene rings is 2. The van der Waals surface area contributed by atoms with Crippen molar-refractivity contribution in [1.82, 2.24) is 14.5 Å². The lowest BCUT2D eigenvalue weighted by molar-refractivity contribution is -0.597. The number of rotatable bonds is 10. The van der Waals surface area contributed by atoms with Crippen molar-refractivity contribution in [2.24, 2.45) is 5.92 Å². The van der Waals surface area contributed by atoms with Crippen molar-refractivity contribution in [3.05, 3.63) is 87.9 Å². The Morgan fingerprint density at radius 3 is 2.52 bits per heavy atom. The van der Waals surface area contributed by atoms with E-state index in [0.29, 0.717) is 48.1 Å². The number of hydrogen-bond acceptors (Lipinski definition) is 5. The third-order valence-electron chi connectivity index (χ3n) is 7.02. The molecule has 11 heteroatoms. The van der Waals surface area contributed by atoms with Gasteiger partial charge in [0.2, 0.25) is 5.91 Å². The second kappa shape index (κ2) is 14.0. The van der Waals surface area contributed by atoms with Crippen molar-refractivity contribution in [2.75, 3.05) is 19.3 Å². The molecule has 1 aliphatic rings. The predicted octanol–water partition coefficient (Wildman–Crippen LogP) is 4.00. The van der Waals surface area contributed by atoms with Gasteiger partial charge >= 0.3 is 11.9 Å². The van der Waals surface area contributed by atoms with E-state index >= 15 is 0 Å². The van der Waals surface area contributed by atoms with Gasteiger partial charge in [-0.05, 0) is 42.4 Å². The summed E-state index contributed by atoms with van der Waals surface area (Å²) in [5.74, 6) is -1.75. The van der Waals surface area contributed by atoms with Gasteiger partial charge in [0.1, 0.15) is 0 Å². The monoisotopic (exact) mass is 601 g/mol. The zero-order valence-corrected chi connectivity index (χ0v) is 24.3. The summed E-state index contributed by atoms with van der Waals surface area (Å²) >= 11 is 14.1. The molecular formula is C29H31Cl2N4O4S+. The zero-order valence-electron chi connectivity index (χ0n) is 22.0. The largest absolute Gasteiger partial charge is 0.477 e. The number of carboxylic acids is 1. The number of carboxylic acid groups (broad SMARTS) is 1. The zero-order chi connectivity index (χ0) is 28.6. The normalized spacial score (nSPS) is 14.9. The topological polar surface area (TPSA) is 109 Å². The van der Waals surface area contributed by atoms with Gasteiger partial charge in [-0.2, -0.15) is 0 Å². The molecule has 0 saturated carbocycles. The van der Waals surface area contributed by atoms with Gasteiger partial charge < -0.3 is 14.6 Å². The third-order valence-corrected chi connectivity index (χ3v) is 8.81. The van der Waals surface area contributed by atoms with Crippen LogP contribution in [0.4, 0.5) is 0 Å². The second-order valence-electron chi connectivity index (χ2n) is 9.63. The fraction of sp³-hybridized carbons (Fsp3) is 0.310. The van der Waals surface area contributed by atoms with Crippen molar-refractivity contribution in [3.63, 3.8) is 0 Å². The fourth-order valence-corrected chi connectivity index (χ4v) is 5.87. The maximum absolute atomic E-state index is 13.0. The number of aromatic nitrogens is 2. The molecule has 1 unspecified atom stereocenters. The lowest BCUT2D eigenvalue weighted by Crippen LogP contribution is -2.96. The highest BCUT2D eigenvalue weighted by Gasteiger charge is 2.33. The first-order chi connectivity index (χ1) is 19.3. The Balaban J connectivity index is 1.30. The third kappa shape index (κ3) is 7.54. The number of aliphatic carboxylic acids is 1. The molecule has 210 valence electrons. The van der Waals surface area contributed by atoms with E-state index in [0.717, 1.165) is 16.2 Å². The van der Waals surface area contributed by atoms with Gasteiger partial charge in [-0.1, -0.05) is 59.6 Å². The van der Waals surface area contributed by atoms with E-state index in [1.165, 1.54) is 23.2 Å². The van der Waals surface area contributed by atoms with E-state index in [4.69, 9.17) is 23.2 Å². The summed E-state index contributed by atoms with van der Waals surface area (Å²) in [5.41, 5.74) is 2.48. The molecule has 1 fully saturated rings. The number of carbonyl (C=O) groups is 3. The van der Waals surface area contributed by atoms with Crippen molar-refractivity contribution < 1.29 is 24.8 Å². The number of likely N-dealkylation sites (tertiary alicyclic amines) is 1. The van der Waals surface area contributed by atoms with Crippen LogP contribution in [0.25, 0.3) is 6.08 Å². The minimum atomic E-state index is -1.05. The van der Waals surface area contributed by atoms with Crippen molar-refractivity contribution in [3.8, 4) is 0 Å². The molecule has 0 bridgehead atoms. The highest BCUT2D eigenvalue weighted by molar-refractivity contribution is 7.98. The van der Waals surface area contributed by atoms with Gasteiger partial charge in [-0.25, -0.2) is 14.6 Å². The highest BCUT2D eigenvalue weighted by Crippen LogP contribution is 2.35. The smallest absolute Gasteiger partial charge is 0.363 e. The number of thioether (sulfide) groups is 1. The fourth-order valence-electron chi connectivity index (χ4n) is 4.70. The quantitative estimate of drug-likeness (QED) is 0.268. The Morgan fingerprint density at radius 1 is 1.12 bits per heavy atom. The lowest BCUT2D eigenvalue weighted by Gasteiger charge is -2.29. The molecule has 3 aromatic rings. The van der Waals surface area contributed by atoms with Crippen molar-refractivity contribution in [2.45, 2.75) is 36.7 Å². The Morgan fingerprint density at radius 2 is 1.85 bits per heavy atom. The summed E-state index contributed by atoms with van der Waals surface area (Å²) in [6, 6.07) is 12.5. The number of piperidine rings is 1. The number of quaternary nitrogens is 1. The van der Waals surface area contributed by atoms with Crippen LogP contribution in [0.2, 0.25) is 10.0 Å². The average Bonchev–Trinajstić information content (AvgIpc) is 3.40. The molecule has 2 amide bonds. The Kier molecular flexibility index (Phi) is 10.4. The van der Waals surface area contributed by atoms with E-state index in [2.05, 4.69) is 4.98 Å². The highest BCUT2D eigenvalue weighted by atomic mass is 35.5. The lowest BCUT2D eigenvalue weighted by atomic mass is 9.95. The molecular weight excluding hydrogens is 571 g/mol. The Hall–Kier alpha value is -3.11. The van der Waals surface area contributed by atoms with Gasteiger partial charge in [-0.15, -0.1) is 11.8 Å². The molecule has 0 aliphatic carbocycles. The van der Waals surface area contributed by atoms with Gasteiger partial charge in [0, 0.05) is 42.5 Å². The summed E-state index contributed by atoms with van der Waals surface area (Å²) in [4.78, 5) is 44.6. The molecule has 1 saturated heterocycles. The number of carbonyl (C=O) groups excluding carboxylic acids is 2. The molecule has 1 aliphatic heterocycles. The summed E-state index contributed by atoms with van der Waals surface area (Å²) < 4.78 is 1.90. The maximum Gasteiger partial charge on any atom is 0.363 e. The van der Waals surface area contributed by atoms with Crippen molar-refractivity contribution in [1.29, 1.82) is 0 Å². The first-order valence-electron chi connectivity index (χ1n) is 12.9. The van der Waals surface area contributed by atoms with E-state index in [-0.39, 0.29) is 24.2 Å².